The number of rotatable bonds is 8. The molecule has 162 valence electrons. The highest BCUT2D eigenvalue weighted by atomic mass is 16.5. The number of hydrogen-bond donors (Lipinski definition) is 1. The largest absolute Gasteiger partial charge is 0.390 e. The van der Waals surface area contributed by atoms with Crippen LogP contribution < -0.4 is 0 Å². The van der Waals surface area contributed by atoms with Crippen LogP contribution in [0.15, 0.2) is 30.3 Å². The summed E-state index contributed by atoms with van der Waals surface area (Å²) in [4.78, 5) is 21.2. The lowest BCUT2D eigenvalue weighted by atomic mass is 10.1. The number of aliphatic hydroxyl groups excluding tert-OH is 1. The minimum Gasteiger partial charge on any atom is -0.390 e. The Morgan fingerprint density at radius 2 is 1.90 bits per heavy atom. The number of aliphatic hydroxyl groups is 1. The van der Waals surface area contributed by atoms with Crippen molar-refractivity contribution >= 4 is 5.91 Å². The van der Waals surface area contributed by atoms with E-state index in [-0.39, 0.29) is 12.0 Å². The fourth-order valence-electron chi connectivity index (χ4n) is 4.04. The zero-order chi connectivity index (χ0) is 20.6. The van der Waals surface area contributed by atoms with Gasteiger partial charge in [-0.15, -0.1) is 0 Å². The lowest BCUT2D eigenvalue weighted by molar-refractivity contribution is -0.136. The van der Waals surface area contributed by atoms with Crippen molar-refractivity contribution in [3.05, 3.63) is 35.9 Å². The number of likely N-dealkylation sites (N-methyl/N-ethyl adjacent to an activating group) is 2. The molecular weight excluding hydrogens is 368 g/mol. The molecule has 2 aliphatic rings. The first-order valence-corrected chi connectivity index (χ1v) is 10.7. The first kappa shape index (κ1) is 22.2. The topological polar surface area (TPSA) is 59.5 Å². The van der Waals surface area contributed by atoms with E-state index in [4.69, 9.17) is 4.74 Å². The zero-order valence-corrected chi connectivity index (χ0v) is 17.9. The van der Waals surface area contributed by atoms with Gasteiger partial charge in [-0.25, -0.2) is 0 Å². The molecular formula is C22H36N4O3. The quantitative estimate of drug-likeness (QED) is 0.675. The van der Waals surface area contributed by atoms with Crippen molar-refractivity contribution in [1.82, 2.24) is 19.6 Å². The predicted molar refractivity (Wildman–Crippen MR) is 114 cm³/mol. The number of carbonyl (C=O) groups excluding carboxylic acids is 1. The number of amides is 1. The molecule has 1 aromatic carbocycles. The van der Waals surface area contributed by atoms with Gasteiger partial charge in [0, 0.05) is 66.0 Å². The van der Waals surface area contributed by atoms with Gasteiger partial charge in [0.25, 0.3) is 0 Å². The van der Waals surface area contributed by atoms with Crippen molar-refractivity contribution in [3.8, 4) is 0 Å². The van der Waals surface area contributed by atoms with E-state index in [1.165, 1.54) is 5.56 Å². The molecule has 1 N–H and O–H groups in total. The van der Waals surface area contributed by atoms with Gasteiger partial charge in [0.1, 0.15) is 0 Å². The monoisotopic (exact) mass is 404 g/mol. The molecule has 2 heterocycles. The molecule has 1 aromatic rings. The van der Waals surface area contributed by atoms with Gasteiger partial charge < -0.3 is 19.6 Å². The highest BCUT2D eigenvalue weighted by Gasteiger charge is 2.25. The number of ether oxygens (including phenoxy) is 1. The van der Waals surface area contributed by atoms with Crippen molar-refractivity contribution in [2.24, 2.45) is 0 Å². The lowest BCUT2D eigenvalue weighted by Crippen LogP contribution is -2.49. The van der Waals surface area contributed by atoms with Crippen molar-refractivity contribution in [2.45, 2.75) is 25.2 Å². The minimum atomic E-state index is -0.519. The normalized spacial score (nSPS) is 23.1. The zero-order valence-electron chi connectivity index (χ0n) is 17.9. The molecule has 0 radical (unpaired) electrons. The van der Waals surface area contributed by atoms with Crippen molar-refractivity contribution < 1.29 is 14.6 Å². The molecule has 2 atom stereocenters. The fourth-order valence-corrected chi connectivity index (χ4v) is 4.04. The molecule has 2 aliphatic heterocycles. The van der Waals surface area contributed by atoms with Crippen molar-refractivity contribution in [2.75, 3.05) is 73.1 Å². The maximum absolute atomic E-state index is 12.6. The number of carbonyl (C=O) groups is 1. The van der Waals surface area contributed by atoms with Crippen LogP contribution in [0.1, 0.15) is 12.0 Å². The highest BCUT2D eigenvalue weighted by Crippen LogP contribution is 2.14. The Balaban J connectivity index is 1.39. The Morgan fingerprint density at radius 1 is 1.17 bits per heavy atom. The fraction of sp³-hybridized carbons (Fsp3) is 0.682. The Hall–Kier alpha value is -1.51. The van der Waals surface area contributed by atoms with Crippen molar-refractivity contribution in [1.29, 1.82) is 0 Å². The number of hydrogen-bond acceptors (Lipinski definition) is 6. The van der Waals surface area contributed by atoms with Crippen LogP contribution in [0.3, 0.4) is 0 Å². The summed E-state index contributed by atoms with van der Waals surface area (Å²) < 4.78 is 5.84. The molecule has 2 fully saturated rings. The number of piperazine rings is 1. The number of nitrogens with zero attached hydrogens (tertiary/aromatic N) is 4. The summed E-state index contributed by atoms with van der Waals surface area (Å²) >= 11 is 0. The third-order valence-corrected chi connectivity index (χ3v) is 5.85. The molecule has 1 amide bonds. The van der Waals surface area contributed by atoms with Crippen LogP contribution in [-0.2, 0) is 16.1 Å². The van der Waals surface area contributed by atoms with E-state index in [1.807, 2.05) is 6.07 Å². The first-order valence-electron chi connectivity index (χ1n) is 10.7. The molecule has 0 aliphatic carbocycles. The minimum absolute atomic E-state index is 0.0361. The summed E-state index contributed by atoms with van der Waals surface area (Å²) in [6.45, 7) is 8.17. The first-order chi connectivity index (χ1) is 14.0. The van der Waals surface area contributed by atoms with Crippen LogP contribution in [0.5, 0.6) is 0 Å². The molecule has 7 nitrogen and oxygen atoms in total. The van der Waals surface area contributed by atoms with Crippen LogP contribution in [0.2, 0.25) is 0 Å². The van der Waals surface area contributed by atoms with Crippen LogP contribution in [0.25, 0.3) is 0 Å². The molecule has 0 spiro atoms. The van der Waals surface area contributed by atoms with Gasteiger partial charge in [0.05, 0.1) is 25.2 Å². The van der Waals surface area contributed by atoms with E-state index in [0.717, 1.165) is 45.8 Å². The molecule has 0 bridgehead atoms. The number of benzene rings is 1. The van der Waals surface area contributed by atoms with Gasteiger partial charge in [0.2, 0.25) is 5.91 Å². The van der Waals surface area contributed by atoms with Crippen LogP contribution in [0.4, 0.5) is 0 Å². The molecule has 2 saturated heterocycles. The summed E-state index contributed by atoms with van der Waals surface area (Å²) in [6, 6.07) is 10.4. The number of morpholine rings is 1. The van der Waals surface area contributed by atoms with Gasteiger partial charge in [-0.1, -0.05) is 30.3 Å². The summed E-state index contributed by atoms with van der Waals surface area (Å²) in [5.74, 6) is 0.0361. The predicted octanol–water partition coefficient (Wildman–Crippen LogP) is 0.344. The maximum atomic E-state index is 12.6. The van der Waals surface area contributed by atoms with Crippen LogP contribution >= 0.6 is 0 Å². The lowest BCUT2D eigenvalue weighted by Gasteiger charge is -2.35. The Bertz CT molecular complexity index is 622. The molecule has 0 unspecified atom stereocenters. The van der Waals surface area contributed by atoms with E-state index in [2.05, 4.69) is 46.0 Å². The van der Waals surface area contributed by atoms with Crippen LogP contribution in [-0.4, -0.2) is 116 Å². The number of β-amino-alcohol motifs (C(OH)–C–C–N with tert-alkyl or cyclic N) is 1. The Labute approximate surface area is 174 Å². The third kappa shape index (κ3) is 7.35. The summed E-state index contributed by atoms with van der Waals surface area (Å²) in [5.41, 5.74) is 1.28. The average Bonchev–Trinajstić information content (AvgIpc) is 2.70. The van der Waals surface area contributed by atoms with Crippen molar-refractivity contribution in [3.63, 3.8) is 0 Å². The molecule has 0 saturated carbocycles. The third-order valence-electron chi connectivity index (χ3n) is 5.85. The molecule has 29 heavy (non-hydrogen) atoms. The van der Waals surface area contributed by atoms with Gasteiger partial charge in [-0.05, 0) is 12.6 Å². The molecule has 3 rings (SSSR count). The van der Waals surface area contributed by atoms with Gasteiger partial charge >= 0.3 is 0 Å². The van der Waals surface area contributed by atoms with E-state index < -0.39 is 6.10 Å². The maximum Gasteiger partial charge on any atom is 0.225 e. The Kier molecular flexibility index (Phi) is 8.44. The molecule has 7 heteroatoms. The van der Waals surface area contributed by atoms with E-state index in [0.29, 0.717) is 26.1 Å². The van der Waals surface area contributed by atoms with E-state index in [9.17, 15) is 9.90 Å². The second-order valence-electron chi connectivity index (χ2n) is 8.45. The highest BCUT2D eigenvalue weighted by molar-refractivity contribution is 5.76. The van der Waals surface area contributed by atoms with Crippen LogP contribution in [0, 0.1) is 0 Å². The second-order valence-corrected chi connectivity index (χ2v) is 8.45. The summed E-state index contributed by atoms with van der Waals surface area (Å²) in [6.07, 6.45) is -0.241. The standard InChI is InChI=1S/C22H36N4O3/c1-23-8-10-25(11-9-23)17-20(27)16-24(2)22(28)14-21-18-26(12-13-29-21)15-19-6-4-3-5-7-19/h3-7,20-21,27H,8-18H2,1-2H3/t20-,21+/m0/s1. The van der Waals surface area contributed by atoms with Gasteiger partial charge in [0.15, 0.2) is 0 Å². The molecule has 0 aromatic heterocycles. The second kappa shape index (κ2) is 11.0. The smallest absolute Gasteiger partial charge is 0.225 e. The van der Waals surface area contributed by atoms with Gasteiger partial charge in [-0.3, -0.25) is 14.6 Å². The van der Waals surface area contributed by atoms with E-state index in [1.54, 1.807) is 11.9 Å². The van der Waals surface area contributed by atoms with Gasteiger partial charge in [-0.2, -0.15) is 0 Å². The summed E-state index contributed by atoms with van der Waals surface area (Å²) in [7, 11) is 3.90. The Morgan fingerprint density at radius 3 is 2.62 bits per heavy atom. The summed E-state index contributed by atoms with van der Waals surface area (Å²) in [5, 5.41) is 10.4. The SMILES string of the molecule is CN1CCN(C[C@@H](O)CN(C)C(=O)C[C@@H]2CN(Cc3ccccc3)CCO2)CC1. The average molecular weight is 405 g/mol. The van der Waals surface area contributed by atoms with E-state index >= 15 is 0 Å².